The molecule has 1 saturated carbocycles. The van der Waals surface area contributed by atoms with Gasteiger partial charge in [0.05, 0.1) is 11.5 Å². The van der Waals surface area contributed by atoms with Crippen LogP contribution in [0.25, 0.3) is 10.2 Å². The molecule has 0 bridgehead atoms. The van der Waals surface area contributed by atoms with Crippen molar-refractivity contribution in [1.29, 1.82) is 0 Å². The van der Waals surface area contributed by atoms with Crippen LogP contribution in [0.5, 0.6) is 0 Å². The number of fused-ring (bicyclic) bond motifs is 3. The number of nitrogens with one attached hydrogen (secondary N) is 1. The first-order chi connectivity index (χ1) is 9.81. The number of anilines is 1. The van der Waals surface area contributed by atoms with Gasteiger partial charge in [0, 0.05) is 10.9 Å². The fourth-order valence-electron chi connectivity index (χ4n) is 3.53. The average Bonchev–Trinajstić information content (AvgIpc) is 2.99. The first-order valence-corrected chi connectivity index (χ1v) is 8.33. The van der Waals surface area contributed by atoms with Crippen molar-refractivity contribution in [1.82, 2.24) is 9.97 Å². The lowest BCUT2D eigenvalue weighted by molar-refractivity contribution is 0.124. The maximum Gasteiger partial charge on any atom is 0.138 e. The molecule has 20 heavy (non-hydrogen) atoms. The first-order valence-electron chi connectivity index (χ1n) is 7.51. The number of rotatable bonds is 2. The average molecular weight is 289 g/mol. The van der Waals surface area contributed by atoms with Crippen molar-refractivity contribution in [3.05, 3.63) is 16.8 Å². The minimum atomic E-state index is -0.160. The third-order valence-electron chi connectivity index (χ3n) is 4.49. The second-order valence-electron chi connectivity index (χ2n) is 5.92. The van der Waals surface area contributed by atoms with Crippen LogP contribution in [0.15, 0.2) is 6.33 Å². The van der Waals surface area contributed by atoms with E-state index in [9.17, 15) is 5.11 Å². The summed E-state index contributed by atoms with van der Waals surface area (Å²) in [6.45, 7) is 0. The van der Waals surface area contributed by atoms with Gasteiger partial charge in [0.2, 0.25) is 0 Å². The van der Waals surface area contributed by atoms with E-state index in [1.807, 2.05) is 11.3 Å². The molecule has 5 heteroatoms. The highest BCUT2D eigenvalue weighted by molar-refractivity contribution is 7.19. The van der Waals surface area contributed by atoms with Crippen LogP contribution in [0, 0.1) is 0 Å². The summed E-state index contributed by atoms with van der Waals surface area (Å²) in [6.07, 6.45) is 9.09. The van der Waals surface area contributed by atoms with Crippen LogP contribution in [0.4, 0.5) is 5.82 Å². The van der Waals surface area contributed by atoms with Gasteiger partial charge in [0.25, 0.3) is 0 Å². The van der Waals surface area contributed by atoms with E-state index >= 15 is 0 Å². The molecule has 0 aromatic carbocycles. The molecule has 0 unspecified atom stereocenters. The smallest absolute Gasteiger partial charge is 0.138 e. The number of aliphatic hydroxyl groups excluding tert-OH is 1. The zero-order valence-electron chi connectivity index (χ0n) is 11.4. The Morgan fingerprint density at radius 1 is 1.20 bits per heavy atom. The number of thiophene rings is 1. The fraction of sp³-hybridized carbons (Fsp3) is 0.600. The molecule has 106 valence electrons. The molecule has 2 aliphatic rings. The van der Waals surface area contributed by atoms with E-state index in [1.54, 1.807) is 6.33 Å². The number of hydrogen-bond acceptors (Lipinski definition) is 5. The third-order valence-corrected chi connectivity index (χ3v) is 5.69. The highest BCUT2D eigenvalue weighted by Crippen LogP contribution is 2.39. The predicted molar refractivity (Wildman–Crippen MR) is 81.3 cm³/mol. The van der Waals surface area contributed by atoms with E-state index in [0.717, 1.165) is 42.8 Å². The summed E-state index contributed by atoms with van der Waals surface area (Å²) < 4.78 is 0. The summed E-state index contributed by atoms with van der Waals surface area (Å²) in [5.41, 5.74) is 1.46. The predicted octanol–water partition coefficient (Wildman–Crippen LogP) is 2.90. The van der Waals surface area contributed by atoms with Gasteiger partial charge in [-0.2, -0.15) is 0 Å². The molecule has 4 rings (SSSR count). The molecule has 1 fully saturated rings. The number of nitrogens with zero attached hydrogens (tertiary/aromatic N) is 2. The van der Waals surface area contributed by atoms with Crippen LogP contribution in [-0.2, 0) is 12.8 Å². The molecular formula is C15H19N3OS. The Morgan fingerprint density at radius 3 is 3.05 bits per heavy atom. The van der Waals surface area contributed by atoms with Gasteiger partial charge in [-0.05, 0) is 50.5 Å². The monoisotopic (exact) mass is 289 g/mol. The van der Waals surface area contributed by atoms with Gasteiger partial charge >= 0.3 is 0 Å². The van der Waals surface area contributed by atoms with Crippen LogP contribution in [0.1, 0.15) is 42.5 Å². The van der Waals surface area contributed by atoms with E-state index in [1.165, 1.54) is 28.7 Å². The number of hydrogen-bond donors (Lipinski definition) is 2. The molecular weight excluding hydrogens is 270 g/mol. The second-order valence-corrected chi connectivity index (χ2v) is 7.01. The molecule has 2 aromatic rings. The van der Waals surface area contributed by atoms with Gasteiger partial charge in [-0.15, -0.1) is 11.3 Å². The maximum absolute atomic E-state index is 9.82. The van der Waals surface area contributed by atoms with Crippen molar-refractivity contribution >= 4 is 27.4 Å². The fourth-order valence-corrected chi connectivity index (χ4v) is 4.76. The minimum Gasteiger partial charge on any atom is -0.393 e. The van der Waals surface area contributed by atoms with E-state index < -0.39 is 0 Å². The molecule has 0 radical (unpaired) electrons. The van der Waals surface area contributed by atoms with Gasteiger partial charge in [0.15, 0.2) is 0 Å². The molecule has 2 aliphatic carbocycles. The highest BCUT2D eigenvalue weighted by Gasteiger charge is 2.24. The summed E-state index contributed by atoms with van der Waals surface area (Å²) in [5, 5.41) is 14.6. The molecule has 0 amide bonds. The first kappa shape index (κ1) is 12.5. The summed E-state index contributed by atoms with van der Waals surface area (Å²) in [7, 11) is 0. The quantitative estimate of drug-likeness (QED) is 0.892. The van der Waals surface area contributed by atoms with Crippen molar-refractivity contribution in [3.63, 3.8) is 0 Å². The Bertz CT molecular complexity index is 639. The van der Waals surface area contributed by atoms with Gasteiger partial charge in [-0.1, -0.05) is 0 Å². The number of aliphatic hydroxyl groups is 1. The van der Waals surface area contributed by atoms with Crippen molar-refractivity contribution in [2.24, 2.45) is 0 Å². The maximum atomic E-state index is 9.82. The third kappa shape index (κ3) is 2.09. The van der Waals surface area contributed by atoms with Crippen molar-refractivity contribution in [2.75, 3.05) is 5.32 Å². The summed E-state index contributed by atoms with van der Waals surface area (Å²) >= 11 is 1.82. The summed E-state index contributed by atoms with van der Waals surface area (Å²) in [4.78, 5) is 11.5. The Kier molecular flexibility index (Phi) is 3.11. The Hall–Kier alpha value is -1.20. The highest BCUT2D eigenvalue weighted by atomic mass is 32.1. The molecule has 2 heterocycles. The Morgan fingerprint density at radius 2 is 2.15 bits per heavy atom. The van der Waals surface area contributed by atoms with Gasteiger partial charge in [-0.3, -0.25) is 0 Å². The van der Waals surface area contributed by atoms with Gasteiger partial charge in [0.1, 0.15) is 17.0 Å². The number of aromatic nitrogens is 2. The van der Waals surface area contributed by atoms with Crippen LogP contribution < -0.4 is 5.32 Å². The molecule has 2 atom stereocenters. The zero-order valence-corrected chi connectivity index (χ0v) is 12.2. The van der Waals surface area contributed by atoms with E-state index in [4.69, 9.17) is 0 Å². The van der Waals surface area contributed by atoms with E-state index in [-0.39, 0.29) is 6.10 Å². The molecule has 0 saturated heterocycles. The zero-order chi connectivity index (χ0) is 13.5. The molecule has 4 nitrogen and oxygen atoms in total. The normalized spacial score (nSPS) is 25.9. The van der Waals surface area contributed by atoms with Crippen LogP contribution >= 0.6 is 11.3 Å². The second kappa shape index (κ2) is 4.97. The molecule has 0 spiro atoms. The van der Waals surface area contributed by atoms with Crippen LogP contribution in [-0.4, -0.2) is 27.2 Å². The van der Waals surface area contributed by atoms with Crippen molar-refractivity contribution in [3.8, 4) is 0 Å². The van der Waals surface area contributed by atoms with E-state index in [0.29, 0.717) is 6.04 Å². The Labute approximate surface area is 122 Å². The molecule has 2 N–H and O–H groups in total. The lowest BCUT2D eigenvalue weighted by Gasteiger charge is -2.27. The summed E-state index contributed by atoms with van der Waals surface area (Å²) in [6, 6.07) is 0.341. The van der Waals surface area contributed by atoms with E-state index in [2.05, 4.69) is 15.3 Å². The number of aryl methyl sites for hydroxylation is 2. The van der Waals surface area contributed by atoms with Gasteiger partial charge in [-0.25, -0.2) is 9.97 Å². The minimum absolute atomic E-state index is 0.160. The lowest BCUT2D eigenvalue weighted by Crippen LogP contribution is -2.30. The Balaban J connectivity index is 1.69. The topological polar surface area (TPSA) is 58.0 Å². The SMILES string of the molecule is O[C@H]1CCC[C@H](Nc2ncnc3sc4c(c23)CCC4)C1. The van der Waals surface area contributed by atoms with Gasteiger partial charge < -0.3 is 10.4 Å². The lowest BCUT2D eigenvalue weighted by atomic mass is 9.93. The molecule has 0 aliphatic heterocycles. The van der Waals surface area contributed by atoms with Crippen molar-refractivity contribution in [2.45, 2.75) is 57.1 Å². The van der Waals surface area contributed by atoms with Crippen molar-refractivity contribution < 1.29 is 5.11 Å². The van der Waals surface area contributed by atoms with Crippen LogP contribution in [0.3, 0.4) is 0 Å². The van der Waals surface area contributed by atoms with Crippen LogP contribution in [0.2, 0.25) is 0 Å². The standard InChI is InChI=1S/C15H19N3OS/c19-10-4-1-3-9(7-10)18-14-13-11-5-2-6-12(11)20-15(13)17-8-16-14/h8-10,19H,1-7H2,(H,16,17,18)/t9-,10-/m0/s1. The largest absolute Gasteiger partial charge is 0.393 e. The molecule has 2 aromatic heterocycles. The summed E-state index contributed by atoms with van der Waals surface area (Å²) in [5.74, 6) is 0.980.